The fraction of sp³-hybridized carbons (Fsp3) is 0.600. The zero-order valence-electron chi connectivity index (χ0n) is 15.4. The van der Waals surface area contributed by atoms with Crippen molar-refractivity contribution in [1.29, 1.82) is 0 Å². The highest BCUT2D eigenvalue weighted by atomic mass is 16.5. The molecule has 0 N–H and O–H groups in total. The molecule has 2 heterocycles. The minimum absolute atomic E-state index is 0.152. The van der Waals surface area contributed by atoms with E-state index < -0.39 is 0 Å². The molecule has 25 heavy (non-hydrogen) atoms. The van der Waals surface area contributed by atoms with Crippen LogP contribution in [0.15, 0.2) is 12.1 Å². The van der Waals surface area contributed by atoms with E-state index in [-0.39, 0.29) is 12.1 Å². The van der Waals surface area contributed by atoms with E-state index >= 15 is 0 Å². The molecule has 1 amide bonds. The summed E-state index contributed by atoms with van der Waals surface area (Å²) < 4.78 is 7.23. The molecule has 1 aliphatic heterocycles. The van der Waals surface area contributed by atoms with Crippen molar-refractivity contribution in [3.63, 3.8) is 0 Å². The Hall–Kier alpha value is -2.04. The molecule has 2 aliphatic rings. The largest absolute Gasteiger partial charge is 0.452 e. The third-order valence-electron chi connectivity index (χ3n) is 6.11. The number of nitrogens with zero attached hydrogens (tertiary/aromatic N) is 3. The Morgan fingerprint density at radius 3 is 2.80 bits per heavy atom. The van der Waals surface area contributed by atoms with Crippen LogP contribution in [-0.4, -0.2) is 28.8 Å². The van der Waals surface area contributed by atoms with Crippen LogP contribution in [0.5, 0.6) is 0 Å². The number of imidazole rings is 1. The fourth-order valence-electron chi connectivity index (χ4n) is 4.26. The van der Waals surface area contributed by atoms with Crippen LogP contribution in [0.3, 0.4) is 0 Å². The van der Waals surface area contributed by atoms with Gasteiger partial charge < -0.3 is 9.30 Å². The molecule has 1 aliphatic carbocycles. The van der Waals surface area contributed by atoms with Gasteiger partial charge in [-0.25, -0.2) is 9.78 Å². The first-order chi connectivity index (χ1) is 12.1. The van der Waals surface area contributed by atoms with Crippen LogP contribution in [0, 0.1) is 5.92 Å². The number of carbonyl (C=O) groups excluding carboxylic acids is 1. The average Bonchev–Trinajstić information content (AvgIpc) is 2.89. The van der Waals surface area contributed by atoms with Crippen molar-refractivity contribution in [2.24, 2.45) is 13.0 Å². The van der Waals surface area contributed by atoms with Crippen molar-refractivity contribution in [3.05, 3.63) is 23.5 Å². The molecule has 0 radical (unpaired) electrons. The molecule has 0 spiro atoms. The number of fused-ring (bicyclic) bond motifs is 3. The maximum absolute atomic E-state index is 12.2. The number of amides is 1. The monoisotopic (exact) mass is 341 g/mol. The van der Waals surface area contributed by atoms with E-state index in [2.05, 4.69) is 30.7 Å². The van der Waals surface area contributed by atoms with Crippen molar-refractivity contribution in [1.82, 2.24) is 9.55 Å². The quantitative estimate of drug-likeness (QED) is 0.840. The van der Waals surface area contributed by atoms with Gasteiger partial charge in [-0.15, -0.1) is 0 Å². The van der Waals surface area contributed by atoms with Crippen LogP contribution < -0.4 is 4.90 Å². The predicted octanol–water partition coefficient (Wildman–Crippen LogP) is 4.21. The first-order valence-corrected chi connectivity index (χ1v) is 9.44. The number of hydrogen-bond donors (Lipinski definition) is 0. The Bertz CT molecular complexity index is 807. The molecule has 134 valence electrons. The topological polar surface area (TPSA) is 47.4 Å². The summed E-state index contributed by atoms with van der Waals surface area (Å²) in [4.78, 5) is 19.0. The second-order valence-corrected chi connectivity index (χ2v) is 7.58. The molecule has 1 aromatic heterocycles. The van der Waals surface area contributed by atoms with E-state index in [1.807, 2.05) is 0 Å². The maximum atomic E-state index is 12.2. The third kappa shape index (κ3) is 2.70. The third-order valence-corrected chi connectivity index (χ3v) is 6.11. The van der Waals surface area contributed by atoms with Crippen LogP contribution in [0.4, 0.5) is 10.5 Å². The molecule has 1 aromatic carbocycles. The lowest BCUT2D eigenvalue weighted by molar-refractivity contribution is 0.175. The molecule has 5 heteroatoms. The number of anilines is 1. The van der Waals surface area contributed by atoms with Crippen molar-refractivity contribution >= 4 is 22.8 Å². The smallest absolute Gasteiger partial charge is 0.414 e. The van der Waals surface area contributed by atoms with Crippen LogP contribution in [0.1, 0.15) is 50.4 Å². The number of aryl methyl sites for hydroxylation is 3. The summed E-state index contributed by atoms with van der Waals surface area (Å²) in [6.07, 6.45) is 8.05. The van der Waals surface area contributed by atoms with Crippen LogP contribution in [0.2, 0.25) is 0 Å². The maximum Gasteiger partial charge on any atom is 0.414 e. The highest BCUT2D eigenvalue weighted by Gasteiger charge is 2.31. The Labute approximate surface area is 149 Å². The number of hydrogen-bond acceptors (Lipinski definition) is 3. The second-order valence-electron chi connectivity index (χ2n) is 7.58. The molecule has 0 unspecified atom stereocenters. The van der Waals surface area contributed by atoms with E-state index in [1.165, 1.54) is 49.7 Å². The van der Waals surface area contributed by atoms with Crippen LogP contribution in [-0.2, 0) is 24.6 Å². The van der Waals surface area contributed by atoms with Gasteiger partial charge in [0.2, 0.25) is 0 Å². The van der Waals surface area contributed by atoms with E-state index in [9.17, 15) is 4.79 Å². The van der Waals surface area contributed by atoms with E-state index in [0.29, 0.717) is 0 Å². The van der Waals surface area contributed by atoms with Gasteiger partial charge in [0.05, 0.1) is 23.8 Å². The molecule has 5 nitrogen and oxygen atoms in total. The number of aromatic nitrogens is 2. The van der Waals surface area contributed by atoms with Gasteiger partial charge >= 0.3 is 6.09 Å². The van der Waals surface area contributed by atoms with Crippen LogP contribution in [0.25, 0.3) is 11.0 Å². The van der Waals surface area contributed by atoms with Gasteiger partial charge in [0, 0.05) is 25.1 Å². The van der Waals surface area contributed by atoms with Crippen molar-refractivity contribution < 1.29 is 9.53 Å². The zero-order valence-corrected chi connectivity index (χ0v) is 15.4. The molecule has 1 atom stereocenters. The molecule has 4 rings (SSSR count). The van der Waals surface area contributed by atoms with E-state index in [0.717, 1.165) is 36.4 Å². The Balaban J connectivity index is 1.72. The van der Waals surface area contributed by atoms with Gasteiger partial charge in [-0.3, -0.25) is 4.90 Å². The first kappa shape index (κ1) is 16.4. The summed E-state index contributed by atoms with van der Waals surface area (Å²) in [5.74, 6) is 2.06. The zero-order chi connectivity index (χ0) is 17.6. The number of methoxy groups -OCH3 is 1. The lowest BCUT2D eigenvalue weighted by Gasteiger charge is -2.34. The molecular weight excluding hydrogens is 314 g/mol. The molecular formula is C20H27N3O2. The second kappa shape index (κ2) is 6.36. The van der Waals surface area contributed by atoms with Crippen LogP contribution >= 0.6 is 0 Å². The highest BCUT2D eigenvalue weighted by Crippen LogP contribution is 2.37. The molecule has 0 saturated heterocycles. The summed E-state index contributed by atoms with van der Waals surface area (Å²) in [6, 6.07) is 4.31. The average molecular weight is 341 g/mol. The minimum atomic E-state index is -0.283. The SMILES string of the molecule is COC(=O)N1c2ccc3c(nc(CCC4CCC4)n3C)c2CC[C@@H]1C. The summed E-state index contributed by atoms with van der Waals surface area (Å²) in [7, 11) is 3.56. The Morgan fingerprint density at radius 2 is 2.12 bits per heavy atom. The molecule has 2 aromatic rings. The van der Waals surface area contributed by atoms with E-state index in [4.69, 9.17) is 9.72 Å². The van der Waals surface area contributed by atoms with Gasteiger partial charge in [-0.05, 0) is 44.2 Å². The molecule has 1 fully saturated rings. The Morgan fingerprint density at radius 1 is 1.32 bits per heavy atom. The van der Waals surface area contributed by atoms with Gasteiger partial charge in [0.25, 0.3) is 0 Å². The summed E-state index contributed by atoms with van der Waals surface area (Å²) in [5.41, 5.74) is 4.37. The Kier molecular flexibility index (Phi) is 4.18. The van der Waals surface area contributed by atoms with Gasteiger partial charge in [-0.1, -0.05) is 19.3 Å². The summed E-state index contributed by atoms with van der Waals surface area (Å²) >= 11 is 0. The summed E-state index contributed by atoms with van der Waals surface area (Å²) in [5, 5.41) is 0. The fourth-order valence-corrected chi connectivity index (χ4v) is 4.26. The first-order valence-electron chi connectivity index (χ1n) is 9.44. The number of carbonyl (C=O) groups is 1. The lowest BCUT2D eigenvalue weighted by Crippen LogP contribution is -2.42. The lowest BCUT2D eigenvalue weighted by atomic mass is 9.82. The van der Waals surface area contributed by atoms with Gasteiger partial charge in [-0.2, -0.15) is 0 Å². The van der Waals surface area contributed by atoms with E-state index in [1.54, 1.807) is 4.90 Å². The summed E-state index contributed by atoms with van der Waals surface area (Å²) in [6.45, 7) is 2.08. The van der Waals surface area contributed by atoms with Gasteiger partial charge in [0.15, 0.2) is 0 Å². The van der Waals surface area contributed by atoms with Crippen molar-refractivity contribution in [2.45, 2.75) is 57.9 Å². The predicted molar refractivity (Wildman–Crippen MR) is 99.0 cm³/mol. The number of benzene rings is 1. The molecule has 1 saturated carbocycles. The normalized spacial score (nSPS) is 20.4. The number of rotatable bonds is 3. The van der Waals surface area contributed by atoms with Crippen molar-refractivity contribution in [3.8, 4) is 0 Å². The molecule has 0 bridgehead atoms. The van der Waals surface area contributed by atoms with Crippen molar-refractivity contribution in [2.75, 3.05) is 12.0 Å². The highest BCUT2D eigenvalue weighted by molar-refractivity contribution is 5.95. The number of ether oxygens (including phenoxy) is 1. The minimum Gasteiger partial charge on any atom is -0.452 e. The standard InChI is InChI=1S/C20H27N3O2/c1-13-7-9-15-16(23(13)20(24)25-3)10-11-17-19(15)21-18(22(17)2)12-8-14-5-4-6-14/h10-11,13-14H,4-9,12H2,1-3H3/t13-/m0/s1. The van der Waals surface area contributed by atoms with Gasteiger partial charge in [0.1, 0.15) is 5.82 Å².